The van der Waals surface area contributed by atoms with Crippen LogP contribution in [-0.4, -0.2) is 28.7 Å². The van der Waals surface area contributed by atoms with Gasteiger partial charge >= 0.3 is 0 Å². The van der Waals surface area contributed by atoms with E-state index in [9.17, 15) is 4.79 Å². The first-order valence-electron chi connectivity index (χ1n) is 3.63. The van der Waals surface area contributed by atoms with Crippen LogP contribution in [0.25, 0.3) is 0 Å². The molecule has 1 rings (SSSR count). The minimum atomic E-state index is 0.173. The molecule has 72 valence electrons. The Labute approximate surface area is 89.1 Å². The van der Waals surface area contributed by atoms with E-state index < -0.39 is 0 Å². The van der Waals surface area contributed by atoms with Crippen molar-refractivity contribution in [3.05, 3.63) is 10.0 Å². The van der Waals surface area contributed by atoms with Crippen LogP contribution in [0.4, 0.5) is 0 Å². The van der Waals surface area contributed by atoms with E-state index in [0.717, 1.165) is 16.5 Å². The van der Waals surface area contributed by atoms with Crippen LogP contribution < -0.4 is 0 Å². The maximum atomic E-state index is 10.4. The molecule has 0 aromatic carbocycles. The zero-order valence-corrected chi connectivity index (χ0v) is 9.08. The van der Waals surface area contributed by atoms with Crippen molar-refractivity contribution < 1.29 is 9.90 Å². The van der Waals surface area contributed by atoms with Crippen LogP contribution in [0.1, 0.15) is 16.1 Å². The molecule has 0 bridgehead atoms. The standard InChI is InChI=1S/C7H8ClNO2S2/c8-6-5(4-11)13-7(9-6)12-3-1-2-10/h4,10H,1-3H2. The van der Waals surface area contributed by atoms with Crippen LogP contribution in [-0.2, 0) is 0 Å². The van der Waals surface area contributed by atoms with Crippen molar-refractivity contribution in [2.24, 2.45) is 0 Å². The fraction of sp³-hybridized carbons (Fsp3) is 0.429. The van der Waals surface area contributed by atoms with Gasteiger partial charge in [-0.3, -0.25) is 4.79 Å². The molecule has 0 fully saturated rings. The average Bonchev–Trinajstić information content (AvgIpc) is 2.47. The molecule has 0 radical (unpaired) electrons. The lowest BCUT2D eigenvalue weighted by Gasteiger charge is -1.92. The molecule has 0 unspecified atom stereocenters. The highest BCUT2D eigenvalue weighted by molar-refractivity contribution is 8.01. The largest absolute Gasteiger partial charge is 0.396 e. The fourth-order valence-corrected chi connectivity index (χ4v) is 2.86. The molecule has 0 saturated carbocycles. The first kappa shape index (κ1) is 11.0. The molecular weight excluding hydrogens is 230 g/mol. The highest BCUT2D eigenvalue weighted by Crippen LogP contribution is 2.29. The summed E-state index contributed by atoms with van der Waals surface area (Å²) in [6.45, 7) is 0.173. The molecular formula is C7H8ClNO2S2. The Morgan fingerprint density at radius 1 is 1.69 bits per heavy atom. The first-order chi connectivity index (χ1) is 6.27. The number of rotatable bonds is 5. The highest BCUT2D eigenvalue weighted by Gasteiger charge is 2.07. The van der Waals surface area contributed by atoms with Crippen molar-refractivity contribution in [2.45, 2.75) is 10.8 Å². The Bertz CT molecular complexity index is 290. The van der Waals surface area contributed by atoms with Crippen molar-refractivity contribution in [2.75, 3.05) is 12.4 Å². The Hall–Kier alpha value is -0.100. The van der Waals surface area contributed by atoms with Crippen LogP contribution in [0.5, 0.6) is 0 Å². The smallest absolute Gasteiger partial charge is 0.163 e. The number of nitrogens with zero attached hydrogens (tertiary/aromatic N) is 1. The predicted octanol–water partition coefficient (Wildman–Crippen LogP) is 2.08. The quantitative estimate of drug-likeness (QED) is 0.484. The highest BCUT2D eigenvalue weighted by atomic mass is 35.5. The number of thiazole rings is 1. The molecule has 0 aliphatic heterocycles. The SMILES string of the molecule is O=Cc1sc(SCCCO)nc1Cl. The van der Waals surface area contributed by atoms with E-state index in [1.165, 1.54) is 23.1 Å². The minimum absolute atomic E-state index is 0.173. The Kier molecular flexibility index (Phi) is 4.72. The number of hydrogen-bond acceptors (Lipinski definition) is 5. The molecule has 1 aromatic rings. The van der Waals surface area contributed by atoms with Gasteiger partial charge in [-0.25, -0.2) is 4.98 Å². The normalized spacial score (nSPS) is 10.3. The van der Waals surface area contributed by atoms with E-state index in [2.05, 4.69) is 4.98 Å². The van der Waals surface area contributed by atoms with Crippen molar-refractivity contribution in [1.82, 2.24) is 4.98 Å². The molecule has 6 heteroatoms. The van der Waals surface area contributed by atoms with Crippen molar-refractivity contribution in [3.8, 4) is 0 Å². The molecule has 1 N–H and O–H groups in total. The fourth-order valence-electron chi connectivity index (χ4n) is 0.653. The Morgan fingerprint density at radius 2 is 2.46 bits per heavy atom. The Morgan fingerprint density at radius 3 is 3.00 bits per heavy atom. The summed E-state index contributed by atoms with van der Waals surface area (Å²) in [4.78, 5) is 14.9. The monoisotopic (exact) mass is 237 g/mol. The molecule has 0 saturated heterocycles. The summed E-state index contributed by atoms with van der Waals surface area (Å²) >= 11 is 8.44. The lowest BCUT2D eigenvalue weighted by molar-refractivity contribution is 0.112. The third kappa shape index (κ3) is 3.27. The van der Waals surface area contributed by atoms with Crippen molar-refractivity contribution in [3.63, 3.8) is 0 Å². The average molecular weight is 238 g/mol. The molecule has 0 aliphatic carbocycles. The van der Waals surface area contributed by atoms with Crippen LogP contribution in [0.3, 0.4) is 0 Å². The van der Waals surface area contributed by atoms with E-state index in [-0.39, 0.29) is 11.8 Å². The van der Waals surface area contributed by atoms with Gasteiger partial charge in [0.05, 0.1) is 0 Å². The molecule has 0 aliphatic rings. The lowest BCUT2D eigenvalue weighted by Crippen LogP contribution is -1.84. The van der Waals surface area contributed by atoms with E-state index in [1.54, 1.807) is 0 Å². The van der Waals surface area contributed by atoms with E-state index in [1.807, 2.05) is 0 Å². The lowest BCUT2D eigenvalue weighted by atomic mass is 10.5. The molecule has 0 amide bonds. The van der Waals surface area contributed by atoms with Crippen LogP contribution in [0.15, 0.2) is 4.34 Å². The van der Waals surface area contributed by atoms with Crippen LogP contribution in [0.2, 0.25) is 5.15 Å². The zero-order valence-electron chi connectivity index (χ0n) is 6.70. The third-order valence-electron chi connectivity index (χ3n) is 1.23. The van der Waals surface area contributed by atoms with Gasteiger partial charge in [-0.1, -0.05) is 23.4 Å². The number of carbonyl (C=O) groups excluding carboxylic acids is 1. The van der Waals surface area contributed by atoms with Gasteiger partial charge in [-0.15, -0.1) is 11.3 Å². The van der Waals surface area contributed by atoms with Gasteiger partial charge in [0.2, 0.25) is 0 Å². The summed E-state index contributed by atoms with van der Waals surface area (Å²) < 4.78 is 0.778. The number of carbonyl (C=O) groups is 1. The van der Waals surface area contributed by atoms with E-state index >= 15 is 0 Å². The summed E-state index contributed by atoms with van der Waals surface area (Å²) in [6.07, 6.45) is 1.42. The molecule has 3 nitrogen and oxygen atoms in total. The van der Waals surface area contributed by atoms with Gasteiger partial charge in [0.1, 0.15) is 4.88 Å². The second kappa shape index (κ2) is 5.59. The van der Waals surface area contributed by atoms with Crippen LogP contribution >= 0.6 is 34.7 Å². The second-order valence-corrected chi connectivity index (χ2v) is 4.91. The maximum Gasteiger partial charge on any atom is 0.163 e. The van der Waals surface area contributed by atoms with Gasteiger partial charge in [-0.05, 0) is 6.42 Å². The third-order valence-corrected chi connectivity index (χ3v) is 3.84. The topological polar surface area (TPSA) is 50.2 Å². The number of aromatic nitrogens is 1. The number of halogens is 1. The summed E-state index contributed by atoms with van der Waals surface area (Å²) in [5.74, 6) is 0.790. The second-order valence-electron chi connectivity index (χ2n) is 2.18. The van der Waals surface area contributed by atoms with Gasteiger partial charge in [0, 0.05) is 12.4 Å². The van der Waals surface area contributed by atoms with Gasteiger partial charge < -0.3 is 5.11 Å². The number of thioether (sulfide) groups is 1. The molecule has 0 spiro atoms. The number of aldehydes is 1. The summed E-state index contributed by atoms with van der Waals surface area (Å²) in [7, 11) is 0. The van der Waals surface area contributed by atoms with Gasteiger partial charge in [0.25, 0.3) is 0 Å². The Balaban J connectivity index is 2.52. The minimum Gasteiger partial charge on any atom is -0.396 e. The summed E-state index contributed by atoms with van der Waals surface area (Å²) in [6, 6.07) is 0. The predicted molar refractivity (Wildman–Crippen MR) is 54.9 cm³/mol. The van der Waals surface area contributed by atoms with E-state index in [4.69, 9.17) is 16.7 Å². The summed E-state index contributed by atoms with van der Waals surface area (Å²) in [5.41, 5.74) is 0. The number of aliphatic hydroxyl groups excluding tert-OH is 1. The van der Waals surface area contributed by atoms with E-state index in [0.29, 0.717) is 11.2 Å². The molecule has 0 atom stereocenters. The van der Waals surface area contributed by atoms with Crippen molar-refractivity contribution in [1.29, 1.82) is 0 Å². The van der Waals surface area contributed by atoms with Crippen molar-refractivity contribution >= 4 is 41.0 Å². The molecule has 13 heavy (non-hydrogen) atoms. The molecule has 1 aromatic heterocycles. The van der Waals surface area contributed by atoms with Gasteiger partial charge in [0.15, 0.2) is 15.8 Å². The number of aliphatic hydroxyl groups is 1. The summed E-state index contributed by atoms with van der Waals surface area (Å²) in [5, 5.41) is 8.81. The number of hydrogen-bond donors (Lipinski definition) is 1. The van der Waals surface area contributed by atoms with Crippen LogP contribution in [0, 0.1) is 0 Å². The maximum absolute atomic E-state index is 10.4. The zero-order chi connectivity index (χ0) is 9.68. The first-order valence-corrected chi connectivity index (χ1v) is 5.81. The van der Waals surface area contributed by atoms with Gasteiger partial charge in [-0.2, -0.15) is 0 Å². The molecule has 1 heterocycles.